The Labute approximate surface area is 219 Å². The van der Waals surface area contributed by atoms with Crippen molar-refractivity contribution in [3.8, 4) is 5.75 Å². The molecule has 1 aliphatic carbocycles. The second kappa shape index (κ2) is 10.0. The van der Waals surface area contributed by atoms with Gasteiger partial charge in [-0.1, -0.05) is 30.3 Å². The summed E-state index contributed by atoms with van der Waals surface area (Å²) in [6.07, 6.45) is 1.63. The maximum atomic E-state index is 15.1. The van der Waals surface area contributed by atoms with E-state index in [0.29, 0.717) is 35.4 Å². The van der Waals surface area contributed by atoms with Gasteiger partial charge in [0, 0.05) is 12.1 Å². The van der Waals surface area contributed by atoms with Crippen molar-refractivity contribution in [2.75, 3.05) is 6.73 Å². The minimum absolute atomic E-state index is 0.0136. The van der Waals surface area contributed by atoms with E-state index in [4.69, 9.17) is 9.47 Å². The molecular weight excluding hydrogens is 492 g/mol. The Morgan fingerprint density at radius 1 is 1.05 bits per heavy atom. The van der Waals surface area contributed by atoms with Crippen LogP contribution in [0.5, 0.6) is 5.75 Å². The summed E-state index contributed by atoms with van der Waals surface area (Å²) < 4.78 is 40.9. The average molecular weight is 522 g/mol. The fourth-order valence-corrected chi connectivity index (χ4v) is 5.24. The Morgan fingerprint density at radius 3 is 2.61 bits per heavy atom. The third kappa shape index (κ3) is 4.92. The Morgan fingerprint density at radius 2 is 1.82 bits per heavy atom. The maximum Gasteiger partial charge on any atom is 0.408 e. The van der Waals surface area contributed by atoms with Crippen LogP contribution in [0.15, 0.2) is 60.8 Å². The number of benzene rings is 2. The topological polar surface area (TPSA) is 80.8 Å². The van der Waals surface area contributed by atoms with Gasteiger partial charge in [0.05, 0.1) is 23.3 Å². The number of fused-ring (bicyclic) bond motifs is 2. The molecule has 0 saturated carbocycles. The van der Waals surface area contributed by atoms with E-state index in [0.717, 1.165) is 6.07 Å². The molecule has 2 heterocycles. The minimum atomic E-state index is -0.970. The Hall–Kier alpha value is -4.01. The maximum absolute atomic E-state index is 15.1. The smallest absolute Gasteiger partial charge is 0.408 e. The number of rotatable bonds is 3. The fourth-order valence-electron chi connectivity index (χ4n) is 5.24. The number of nitrogens with zero attached hydrogens (tertiary/aromatic N) is 2. The number of aromatic nitrogens is 1. The summed E-state index contributed by atoms with van der Waals surface area (Å²) in [5.74, 6) is -2.29. The van der Waals surface area contributed by atoms with Crippen molar-refractivity contribution in [1.82, 2.24) is 15.2 Å². The third-order valence-corrected chi connectivity index (χ3v) is 6.84. The molecule has 2 aliphatic rings. The van der Waals surface area contributed by atoms with Crippen molar-refractivity contribution in [2.45, 2.75) is 57.2 Å². The predicted octanol–water partition coefficient (Wildman–Crippen LogP) is 6.04. The molecule has 1 aliphatic heterocycles. The van der Waals surface area contributed by atoms with E-state index in [1.165, 1.54) is 12.1 Å². The second-order valence-corrected chi connectivity index (χ2v) is 10.5. The van der Waals surface area contributed by atoms with Gasteiger partial charge in [-0.25, -0.2) is 13.6 Å². The first-order valence-electron chi connectivity index (χ1n) is 12.5. The van der Waals surface area contributed by atoms with Gasteiger partial charge in [0.25, 0.3) is 5.91 Å². The van der Waals surface area contributed by atoms with E-state index in [1.54, 1.807) is 68.3 Å². The molecule has 0 unspecified atom stereocenters. The molecule has 0 fully saturated rings. The zero-order valence-corrected chi connectivity index (χ0v) is 21.4. The SMILES string of the molecule is CC(C)(C)OC(=O)N[C@@H]1c2cccnc2[C@H](N2COc3ccccc3C2=O)CC[C@H]1c1cccc(F)c1F. The van der Waals surface area contributed by atoms with E-state index >= 15 is 4.39 Å². The monoisotopic (exact) mass is 521 g/mol. The number of hydrogen-bond donors (Lipinski definition) is 1. The highest BCUT2D eigenvalue weighted by atomic mass is 19.2. The average Bonchev–Trinajstić information content (AvgIpc) is 3.02. The van der Waals surface area contributed by atoms with E-state index in [2.05, 4.69) is 10.3 Å². The summed E-state index contributed by atoms with van der Waals surface area (Å²) in [5.41, 5.74) is 0.967. The van der Waals surface area contributed by atoms with Crippen LogP contribution in [0.2, 0.25) is 0 Å². The number of ether oxygens (including phenoxy) is 2. The zero-order valence-electron chi connectivity index (χ0n) is 21.4. The third-order valence-electron chi connectivity index (χ3n) is 6.84. The van der Waals surface area contributed by atoms with Gasteiger partial charge < -0.3 is 14.8 Å². The quantitative estimate of drug-likeness (QED) is 0.425. The number of halogens is 2. The first kappa shape index (κ1) is 25.6. The van der Waals surface area contributed by atoms with Crippen molar-refractivity contribution < 1.29 is 27.8 Å². The molecule has 0 radical (unpaired) electrons. The van der Waals surface area contributed by atoms with Gasteiger partial charge in [-0.05, 0) is 69.0 Å². The van der Waals surface area contributed by atoms with Gasteiger partial charge in [-0.2, -0.15) is 0 Å². The molecule has 38 heavy (non-hydrogen) atoms. The molecule has 5 rings (SSSR count). The molecule has 3 atom stereocenters. The second-order valence-electron chi connectivity index (χ2n) is 10.5. The van der Waals surface area contributed by atoms with E-state index in [-0.39, 0.29) is 18.2 Å². The molecule has 198 valence electrons. The standard InChI is InChI=1S/C29H29F2N3O4/c1-29(2,3)38-28(36)33-25-18(17-9-6-11-21(30)24(17)31)13-14-22(26-20(25)10-7-15-32-26)34-16-37-23-12-5-4-8-19(23)27(34)35/h4-12,15,18,22,25H,13-14,16H2,1-3H3,(H,33,36)/t18-,22+,25-/m0/s1. The molecule has 7 nitrogen and oxygen atoms in total. The molecule has 2 amide bonds. The van der Waals surface area contributed by atoms with E-state index < -0.39 is 41.3 Å². The molecule has 0 saturated heterocycles. The first-order valence-corrected chi connectivity index (χ1v) is 12.5. The van der Waals surface area contributed by atoms with Crippen LogP contribution in [0.3, 0.4) is 0 Å². The highest BCUT2D eigenvalue weighted by Gasteiger charge is 2.41. The molecule has 0 bridgehead atoms. The highest BCUT2D eigenvalue weighted by molar-refractivity contribution is 5.98. The number of pyridine rings is 1. The molecule has 3 aromatic rings. The van der Waals surface area contributed by atoms with Crippen LogP contribution in [0.4, 0.5) is 13.6 Å². The molecule has 1 aromatic heterocycles. The van der Waals surface area contributed by atoms with Crippen molar-refractivity contribution in [2.24, 2.45) is 0 Å². The summed E-state index contributed by atoms with van der Waals surface area (Å²) in [6.45, 7) is 5.25. The summed E-state index contributed by atoms with van der Waals surface area (Å²) >= 11 is 0. The van der Waals surface area contributed by atoms with Crippen LogP contribution in [0, 0.1) is 11.6 Å². The van der Waals surface area contributed by atoms with Crippen molar-refractivity contribution in [1.29, 1.82) is 0 Å². The zero-order chi connectivity index (χ0) is 27.0. The van der Waals surface area contributed by atoms with Crippen molar-refractivity contribution >= 4 is 12.0 Å². The van der Waals surface area contributed by atoms with Crippen LogP contribution >= 0.6 is 0 Å². The number of nitrogens with one attached hydrogen (secondary N) is 1. The molecule has 1 N–H and O–H groups in total. The van der Waals surface area contributed by atoms with Gasteiger partial charge in [0.15, 0.2) is 18.4 Å². The summed E-state index contributed by atoms with van der Waals surface area (Å²) in [6, 6.07) is 13.3. The van der Waals surface area contributed by atoms with Gasteiger partial charge in [-0.15, -0.1) is 0 Å². The Kier molecular flexibility index (Phi) is 6.77. The lowest BCUT2D eigenvalue weighted by molar-refractivity contribution is 0.0355. The molecular formula is C29H29F2N3O4. The lowest BCUT2D eigenvalue weighted by Crippen LogP contribution is -2.41. The molecule has 2 aromatic carbocycles. The predicted molar refractivity (Wildman–Crippen MR) is 136 cm³/mol. The summed E-state index contributed by atoms with van der Waals surface area (Å²) in [7, 11) is 0. The number of para-hydroxylation sites is 1. The largest absolute Gasteiger partial charge is 0.472 e. The number of amides is 2. The number of carbonyl (C=O) groups excluding carboxylic acids is 2. The lowest BCUT2D eigenvalue weighted by atomic mass is 9.85. The first-order chi connectivity index (χ1) is 18.1. The molecule has 0 spiro atoms. The number of hydrogen-bond acceptors (Lipinski definition) is 5. The number of alkyl carbamates (subject to hydrolysis) is 1. The molecule has 9 heteroatoms. The van der Waals surface area contributed by atoms with Crippen LogP contribution in [-0.4, -0.2) is 34.2 Å². The van der Waals surface area contributed by atoms with Crippen LogP contribution < -0.4 is 10.1 Å². The van der Waals surface area contributed by atoms with E-state index in [9.17, 15) is 14.0 Å². The summed E-state index contributed by atoms with van der Waals surface area (Å²) in [5, 5.41) is 2.89. The van der Waals surface area contributed by atoms with Gasteiger partial charge in [-0.3, -0.25) is 14.7 Å². The van der Waals surface area contributed by atoms with Gasteiger partial charge in [0.2, 0.25) is 0 Å². The van der Waals surface area contributed by atoms with Crippen LogP contribution in [0.1, 0.15) is 78.8 Å². The number of carbonyl (C=O) groups is 2. The van der Waals surface area contributed by atoms with Crippen molar-refractivity contribution in [3.63, 3.8) is 0 Å². The van der Waals surface area contributed by atoms with Crippen molar-refractivity contribution in [3.05, 3.63) is 94.8 Å². The van der Waals surface area contributed by atoms with Crippen LogP contribution in [0.25, 0.3) is 0 Å². The lowest BCUT2D eigenvalue weighted by Gasteiger charge is -2.35. The Bertz CT molecular complexity index is 1370. The normalized spacial score (nSPS) is 21.0. The van der Waals surface area contributed by atoms with Gasteiger partial charge in [0.1, 0.15) is 11.4 Å². The fraction of sp³-hybridized carbons (Fsp3) is 0.345. The highest BCUT2D eigenvalue weighted by Crippen LogP contribution is 2.46. The summed E-state index contributed by atoms with van der Waals surface area (Å²) in [4.78, 5) is 32.7. The van der Waals surface area contributed by atoms with Gasteiger partial charge >= 0.3 is 6.09 Å². The Balaban J connectivity index is 1.59. The minimum Gasteiger partial charge on any atom is -0.472 e. The van der Waals surface area contributed by atoms with Crippen LogP contribution in [-0.2, 0) is 4.74 Å². The van der Waals surface area contributed by atoms with E-state index in [1.807, 2.05) is 0 Å².